The first-order valence-electron chi connectivity index (χ1n) is 6.23. The molecule has 1 fully saturated rings. The Morgan fingerprint density at radius 2 is 2.22 bits per heavy atom. The van der Waals surface area contributed by atoms with Crippen molar-refractivity contribution in [2.75, 3.05) is 13.1 Å². The number of carboxylic acid groups (broad SMARTS) is 1. The summed E-state index contributed by atoms with van der Waals surface area (Å²) in [7, 11) is 0. The van der Waals surface area contributed by atoms with Gasteiger partial charge < -0.3 is 15.3 Å². The molecule has 2 N–H and O–H groups in total. The number of carbonyl (C=O) groups excluding carboxylic acids is 1. The van der Waals surface area contributed by atoms with Crippen LogP contribution in [-0.2, 0) is 4.79 Å². The predicted molar refractivity (Wildman–Crippen MR) is 68.0 cm³/mol. The van der Waals surface area contributed by atoms with Crippen molar-refractivity contribution >= 4 is 12.0 Å². The highest BCUT2D eigenvalue weighted by molar-refractivity contribution is 5.75. The summed E-state index contributed by atoms with van der Waals surface area (Å²) >= 11 is 0. The van der Waals surface area contributed by atoms with E-state index in [0.717, 1.165) is 12.8 Å². The molecule has 1 aliphatic carbocycles. The molecule has 0 heterocycles. The minimum Gasteiger partial charge on any atom is -0.481 e. The first kappa shape index (κ1) is 14.4. The Bertz CT molecular complexity index is 345. The molecule has 1 aliphatic rings. The van der Waals surface area contributed by atoms with Crippen LogP contribution in [0.3, 0.4) is 0 Å². The lowest BCUT2D eigenvalue weighted by Gasteiger charge is -2.23. The van der Waals surface area contributed by atoms with Crippen molar-refractivity contribution in [3.63, 3.8) is 0 Å². The lowest BCUT2D eigenvalue weighted by atomic mass is 10.2. The molecule has 0 saturated heterocycles. The third-order valence-electron chi connectivity index (χ3n) is 2.91. The van der Waals surface area contributed by atoms with Gasteiger partial charge in [0.2, 0.25) is 0 Å². The average Bonchev–Trinajstić information content (AvgIpc) is 3.09. The van der Waals surface area contributed by atoms with Crippen LogP contribution in [0.5, 0.6) is 0 Å². The number of nitrogens with zero attached hydrogens (tertiary/aromatic N) is 1. The van der Waals surface area contributed by atoms with Gasteiger partial charge in [0.15, 0.2) is 0 Å². The molecule has 1 unspecified atom stereocenters. The molecule has 5 nitrogen and oxygen atoms in total. The van der Waals surface area contributed by atoms with Crippen LogP contribution in [0.4, 0.5) is 4.79 Å². The number of amides is 2. The first-order valence-corrected chi connectivity index (χ1v) is 6.23. The Hall–Kier alpha value is -1.70. The van der Waals surface area contributed by atoms with E-state index in [4.69, 9.17) is 11.5 Å². The van der Waals surface area contributed by atoms with Crippen LogP contribution in [-0.4, -0.2) is 41.1 Å². The van der Waals surface area contributed by atoms with Crippen molar-refractivity contribution in [2.24, 2.45) is 5.92 Å². The second-order valence-corrected chi connectivity index (χ2v) is 4.81. The van der Waals surface area contributed by atoms with E-state index in [9.17, 15) is 9.59 Å². The predicted octanol–water partition coefficient (Wildman–Crippen LogP) is 1.29. The second-order valence-electron chi connectivity index (χ2n) is 4.81. The number of hydrogen-bond acceptors (Lipinski definition) is 2. The molecule has 0 aromatic heterocycles. The largest absolute Gasteiger partial charge is 0.481 e. The number of hydrogen-bond donors (Lipinski definition) is 2. The first-order chi connectivity index (χ1) is 8.52. The van der Waals surface area contributed by atoms with Crippen molar-refractivity contribution in [1.82, 2.24) is 10.2 Å². The minimum absolute atomic E-state index is 0.0548. The number of nitrogens with one attached hydrogen (secondary N) is 1. The molecule has 0 bridgehead atoms. The summed E-state index contributed by atoms with van der Waals surface area (Å²) in [6.07, 6.45) is 8.03. The summed E-state index contributed by atoms with van der Waals surface area (Å²) < 4.78 is 0. The van der Waals surface area contributed by atoms with E-state index in [2.05, 4.69) is 11.2 Å². The summed E-state index contributed by atoms with van der Waals surface area (Å²) in [6.45, 7) is 2.79. The molecule has 1 rings (SSSR count). The Balaban J connectivity index is 2.34. The molecule has 1 atom stereocenters. The number of urea groups is 1. The SMILES string of the molecule is C#CCN(CC1CC1)C(=O)NC(C)CCC(=O)O. The van der Waals surface area contributed by atoms with Crippen molar-refractivity contribution in [3.05, 3.63) is 0 Å². The molecular formula is C13H20N2O3. The van der Waals surface area contributed by atoms with E-state index < -0.39 is 5.97 Å². The molecule has 2 amide bonds. The molecule has 100 valence electrons. The van der Waals surface area contributed by atoms with Crippen LogP contribution < -0.4 is 5.32 Å². The van der Waals surface area contributed by atoms with Crippen molar-refractivity contribution in [2.45, 2.75) is 38.6 Å². The molecule has 1 saturated carbocycles. The van der Waals surface area contributed by atoms with E-state index in [-0.39, 0.29) is 18.5 Å². The fourth-order valence-corrected chi connectivity index (χ4v) is 1.66. The topological polar surface area (TPSA) is 69.6 Å². The highest BCUT2D eigenvalue weighted by Crippen LogP contribution is 2.29. The quantitative estimate of drug-likeness (QED) is 0.671. The molecule has 18 heavy (non-hydrogen) atoms. The van der Waals surface area contributed by atoms with Gasteiger partial charge in [-0.3, -0.25) is 4.79 Å². The number of rotatable bonds is 7. The van der Waals surface area contributed by atoms with Gasteiger partial charge in [-0.25, -0.2) is 4.79 Å². The highest BCUT2D eigenvalue weighted by Gasteiger charge is 2.26. The molecule has 0 aliphatic heterocycles. The molecule has 0 aromatic carbocycles. The van der Waals surface area contributed by atoms with Crippen molar-refractivity contribution < 1.29 is 14.7 Å². The summed E-state index contributed by atoms with van der Waals surface area (Å²) in [5, 5.41) is 11.3. The smallest absolute Gasteiger partial charge is 0.318 e. The van der Waals surface area contributed by atoms with Gasteiger partial charge in [-0.05, 0) is 32.1 Å². The van der Waals surface area contributed by atoms with Gasteiger partial charge in [0.25, 0.3) is 0 Å². The normalized spacial score (nSPS) is 15.6. The van der Waals surface area contributed by atoms with E-state index in [1.165, 1.54) is 0 Å². The Morgan fingerprint density at radius 1 is 1.56 bits per heavy atom. The van der Waals surface area contributed by atoms with Gasteiger partial charge >= 0.3 is 12.0 Å². The number of carbonyl (C=O) groups is 2. The zero-order valence-corrected chi connectivity index (χ0v) is 10.7. The van der Waals surface area contributed by atoms with Crippen LogP contribution in [0, 0.1) is 18.3 Å². The summed E-state index contributed by atoms with van der Waals surface area (Å²) in [6, 6.07) is -0.356. The number of carboxylic acids is 1. The lowest BCUT2D eigenvalue weighted by Crippen LogP contribution is -2.45. The van der Waals surface area contributed by atoms with Crippen LogP contribution in [0.1, 0.15) is 32.6 Å². The maximum Gasteiger partial charge on any atom is 0.318 e. The van der Waals surface area contributed by atoms with E-state index in [0.29, 0.717) is 25.4 Å². The van der Waals surface area contributed by atoms with Crippen molar-refractivity contribution in [3.8, 4) is 12.3 Å². The third-order valence-corrected chi connectivity index (χ3v) is 2.91. The maximum absolute atomic E-state index is 11.9. The van der Waals surface area contributed by atoms with Crippen molar-refractivity contribution in [1.29, 1.82) is 0 Å². The van der Waals surface area contributed by atoms with Gasteiger partial charge in [0, 0.05) is 19.0 Å². The highest BCUT2D eigenvalue weighted by atomic mass is 16.4. The molecular weight excluding hydrogens is 232 g/mol. The van der Waals surface area contributed by atoms with Gasteiger partial charge in [-0.1, -0.05) is 5.92 Å². The second kappa shape index (κ2) is 6.90. The Labute approximate surface area is 108 Å². The van der Waals surface area contributed by atoms with Gasteiger partial charge in [0.05, 0.1) is 6.54 Å². The standard InChI is InChI=1S/C13H20N2O3/c1-3-8-15(9-11-5-6-11)13(18)14-10(2)4-7-12(16)17/h1,10-11H,4-9H2,2H3,(H,14,18)(H,16,17). The summed E-state index contributed by atoms with van der Waals surface area (Å²) in [5.74, 6) is 2.21. The number of aliphatic carboxylic acids is 1. The zero-order valence-electron chi connectivity index (χ0n) is 10.7. The summed E-state index contributed by atoms with van der Waals surface area (Å²) in [5.41, 5.74) is 0. The zero-order chi connectivity index (χ0) is 13.5. The fraction of sp³-hybridized carbons (Fsp3) is 0.692. The van der Waals surface area contributed by atoms with Gasteiger partial charge in [-0.15, -0.1) is 6.42 Å². The van der Waals surface area contributed by atoms with Crippen LogP contribution in [0.15, 0.2) is 0 Å². The van der Waals surface area contributed by atoms with E-state index >= 15 is 0 Å². The van der Waals surface area contributed by atoms with Gasteiger partial charge in [-0.2, -0.15) is 0 Å². The molecule has 5 heteroatoms. The monoisotopic (exact) mass is 252 g/mol. The van der Waals surface area contributed by atoms with Crippen LogP contribution in [0.25, 0.3) is 0 Å². The van der Waals surface area contributed by atoms with Crippen LogP contribution >= 0.6 is 0 Å². The molecule has 0 radical (unpaired) electrons. The number of terminal acetylenes is 1. The molecule has 0 aromatic rings. The Kier molecular flexibility index (Phi) is 5.50. The van der Waals surface area contributed by atoms with E-state index in [1.54, 1.807) is 11.8 Å². The third kappa shape index (κ3) is 5.58. The van der Waals surface area contributed by atoms with E-state index in [1.807, 2.05) is 0 Å². The minimum atomic E-state index is -0.852. The van der Waals surface area contributed by atoms with Gasteiger partial charge in [0.1, 0.15) is 0 Å². The average molecular weight is 252 g/mol. The maximum atomic E-state index is 11.9. The fourth-order valence-electron chi connectivity index (χ4n) is 1.66. The Morgan fingerprint density at radius 3 is 2.72 bits per heavy atom. The van der Waals surface area contributed by atoms with Crippen LogP contribution in [0.2, 0.25) is 0 Å². The molecule has 0 spiro atoms. The lowest BCUT2D eigenvalue weighted by molar-refractivity contribution is -0.137. The summed E-state index contributed by atoms with van der Waals surface area (Å²) in [4.78, 5) is 24.0.